The Morgan fingerprint density at radius 3 is 2.66 bits per heavy atom. The van der Waals surface area contributed by atoms with E-state index in [9.17, 15) is 18.5 Å². The molecule has 0 bridgehead atoms. The molecule has 160 valence electrons. The van der Waals surface area contributed by atoms with Gasteiger partial charge in [-0.1, -0.05) is 12.1 Å². The van der Waals surface area contributed by atoms with Crippen molar-refractivity contribution in [3.8, 4) is 0 Å². The van der Waals surface area contributed by atoms with Crippen molar-refractivity contribution in [1.29, 1.82) is 0 Å². The lowest BCUT2D eigenvalue weighted by Gasteiger charge is -2.21. The van der Waals surface area contributed by atoms with Crippen molar-refractivity contribution in [2.45, 2.75) is 11.3 Å². The number of rotatable bonds is 9. The van der Waals surface area contributed by atoms with Crippen molar-refractivity contribution in [2.24, 2.45) is 4.99 Å². The van der Waals surface area contributed by atoms with E-state index in [1.54, 1.807) is 18.4 Å². The number of sulfonamides is 1. The molecule has 1 aromatic carbocycles. The maximum absolute atomic E-state index is 12.3. The molecule has 0 amide bonds. The van der Waals surface area contributed by atoms with E-state index in [2.05, 4.69) is 21.1 Å². The lowest BCUT2D eigenvalue weighted by atomic mass is 10.3. The van der Waals surface area contributed by atoms with Crippen molar-refractivity contribution in [3.63, 3.8) is 0 Å². The fourth-order valence-corrected chi connectivity index (χ4v) is 4.20. The number of guanidine groups is 1. The summed E-state index contributed by atoms with van der Waals surface area (Å²) in [6, 6.07) is 9.04. The van der Waals surface area contributed by atoms with Gasteiger partial charge >= 0.3 is 0 Å². The highest BCUT2D eigenvalue weighted by Crippen LogP contribution is 2.16. The van der Waals surface area contributed by atoms with Gasteiger partial charge in [-0.05, 0) is 23.9 Å². The van der Waals surface area contributed by atoms with Crippen LogP contribution in [0.25, 0.3) is 0 Å². The first-order valence-electron chi connectivity index (χ1n) is 8.52. The van der Waals surface area contributed by atoms with Crippen LogP contribution in [0.15, 0.2) is 51.7 Å². The van der Waals surface area contributed by atoms with Crippen molar-refractivity contribution in [3.05, 3.63) is 56.8 Å². The fraction of sp³-hybridized carbons (Fsp3) is 0.353. The van der Waals surface area contributed by atoms with E-state index >= 15 is 0 Å². The lowest BCUT2D eigenvalue weighted by molar-refractivity contribution is -0.385. The van der Waals surface area contributed by atoms with Gasteiger partial charge in [0.05, 0.1) is 9.82 Å². The van der Waals surface area contributed by atoms with Gasteiger partial charge in [-0.3, -0.25) is 15.1 Å². The molecule has 0 aliphatic rings. The molecule has 1 heterocycles. The SMILES string of the molecule is CN=C(NCCNS(=O)(=O)c1cccc([N+](=O)[O-])c1)N(C)CCc1cccs1.I. The summed E-state index contributed by atoms with van der Waals surface area (Å²) in [5.74, 6) is 0.658. The largest absolute Gasteiger partial charge is 0.355 e. The van der Waals surface area contributed by atoms with Crippen LogP contribution in [0.1, 0.15) is 4.88 Å². The van der Waals surface area contributed by atoms with Crippen LogP contribution in [0.3, 0.4) is 0 Å². The van der Waals surface area contributed by atoms with Gasteiger partial charge < -0.3 is 10.2 Å². The van der Waals surface area contributed by atoms with Crippen LogP contribution in [-0.4, -0.2) is 57.9 Å². The predicted octanol–water partition coefficient (Wildman–Crippen LogP) is 2.30. The van der Waals surface area contributed by atoms with Crippen LogP contribution >= 0.6 is 35.3 Å². The minimum absolute atomic E-state index is 0. The average Bonchev–Trinajstić information content (AvgIpc) is 3.20. The standard InChI is InChI=1S/C17H23N5O4S2.HI/c1-18-17(21(2)11-8-15-6-4-12-27-15)19-9-10-20-28(25,26)16-7-3-5-14(13-16)22(23)24;/h3-7,12-13,20H,8-11H2,1-2H3,(H,18,19);1H. The third-order valence-electron chi connectivity index (χ3n) is 3.89. The van der Waals surface area contributed by atoms with Crippen LogP contribution in [0, 0.1) is 10.1 Å². The fourth-order valence-electron chi connectivity index (χ4n) is 2.43. The zero-order valence-electron chi connectivity index (χ0n) is 16.1. The molecule has 2 N–H and O–H groups in total. The van der Waals surface area contributed by atoms with E-state index in [0.29, 0.717) is 12.5 Å². The molecule has 2 rings (SSSR count). The summed E-state index contributed by atoms with van der Waals surface area (Å²) in [7, 11) is -0.251. The number of nitrogens with zero attached hydrogens (tertiary/aromatic N) is 3. The molecule has 0 aliphatic heterocycles. The monoisotopic (exact) mass is 553 g/mol. The normalized spacial score (nSPS) is 11.6. The quantitative estimate of drug-likeness (QED) is 0.123. The van der Waals surface area contributed by atoms with E-state index in [4.69, 9.17) is 0 Å². The van der Waals surface area contributed by atoms with Crippen molar-refractivity contribution in [1.82, 2.24) is 14.9 Å². The van der Waals surface area contributed by atoms with Crippen LogP contribution in [0.2, 0.25) is 0 Å². The number of benzene rings is 1. The summed E-state index contributed by atoms with van der Waals surface area (Å²) in [4.78, 5) is 17.5. The summed E-state index contributed by atoms with van der Waals surface area (Å²) in [5, 5.41) is 15.9. The average molecular weight is 553 g/mol. The maximum Gasteiger partial charge on any atom is 0.270 e. The van der Waals surface area contributed by atoms with Gasteiger partial charge in [0, 0.05) is 50.7 Å². The highest BCUT2D eigenvalue weighted by molar-refractivity contribution is 14.0. The van der Waals surface area contributed by atoms with Gasteiger partial charge in [0.25, 0.3) is 5.69 Å². The van der Waals surface area contributed by atoms with Crippen molar-refractivity contribution >= 4 is 57.0 Å². The molecule has 9 nitrogen and oxygen atoms in total. The molecule has 0 spiro atoms. The Hall–Kier alpha value is -1.77. The molecule has 1 aromatic heterocycles. The minimum atomic E-state index is -3.83. The Morgan fingerprint density at radius 2 is 2.03 bits per heavy atom. The molecule has 0 radical (unpaired) electrons. The highest BCUT2D eigenvalue weighted by atomic mass is 127. The number of thiophene rings is 1. The molecule has 0 atom stereocenters. The van der Waals surface area contributed by atoms with Gasteiger partial charge in [0.15, 0.2) is 5.96 Å². The summed E-state index contributed by atoms with van der Waals surface area (Å²) < 4.78 is 27.0. The van der Waals surface area contributed by atoms with E-state index in [-0.39, 0.29) is 41.1 Å². The van der Waals surface area contributed by atoms with E-state index < -0.39 is 14.9 Å². The number of likely N-dealkylation sites (N-methyl/N-ethyl adjacent to an activating group) is 1. The zero-order valence-corrected chi connectivity index (χ0v) is 20.0. The van der Waals surface area contributed by atoms with E-state index in [1.165, 1.54) is 23.1 Å². The molecule has 2 aromatic rings. The number of non-ortho nitro benzene ring substituents is 1. The molecule has 0 saturated carbocycles. The summed E-state index contributed by atoms with van der Waals surface area (Å²) in [5.41, 5.74) is -0.270. The summed E-state index contributed by atoms with van der Waals surface area (Å²) in [6.45, 7) is 1.21. The molecular formula is C17H24IN5O4S2. The molecule has 0 aliphatic carbocycles. The molecule has 29 heavy (non-hydrogen) atoms. The maximum atomic E-state index is 12.3. The topological polar surface area (TPSA) is 117 Å². The Morgan fingerprint density at radius 1 is 1.28 bits per heavy atom. The first kappa shape index (κ1) is 25.3. The molecular weight excluding hydrogens is 529 g/mol. The molecule has 12 heteroatoms. The minimum Gasteiger partial charge on any atom is -0.355 e. The number of nitro benzene ring substituents is 1. The van der Waals surface area contributed by atoms with E-state index in [0.717, 1.165) is 19.0 Å². The molecule has 0 saturated heterocycles. The first-order chi connectivity index (χ1) is 13.3. The van der Waals surface area contributed by atoms with Crippen LogP contribution in [0.5, 0.6) is 0 Å². The highest BCUT2D eigenvalue weighted by Gasteiger charge is 2.17. The van der Waals surface area contributed by atoms with Gasteiger partial charge in [-0.25, -0.2) is 13.1 Å². The van der Waals surface area contributed by atoms with Crippen LogP contribution in [-0.2, 0) is 16.4 Å². The van der Waals surface area contributed by atoms with Gasteiger partial charge in [-0.15, -0.1) is 35.3 Å². The predicted molar refractivity (Wildman–Crippen MR) is 126 cm³/mol. The van der Waals surface area contributed by atoms with Crippen molar-refractivity contribution < 1.29 is 13.3 Å². The number of halogens is 1. The second-order valence-electron chi connectivity index (χ2n) is 5.88. The summed E-state index contributed by atoms with van der Waals surface area (Å²) >= 11 is 1.70. The third-order valence-corrected chi connectivity index (χ3v) is 6.28. The number of aliphatic imine (C=N–C) groups is 1. The molecule has 0 unspecified atom stereocenters. The van der Waals surface area contributed by atoms with Crippen LogP contribution < -0.4 is 10.0 Å². The Balaban J connectivity index is 0.00000420. The number of hydrogen-bond acceptors (Lipinski definition) is 6. The summed E-state index contributed by atoms with van der Waals surface area (Å²) in [6.07, 6.45) is 0.897. The molecule has 0 fully saturated rings. The van der Waals surface area contributed by atoms with E-state index in [1.807, 2.05) is 23.4 Å². The lowest BCUT2D eigenvalue weighted by Crippen LogP contribution is -2.43. The van der Waals surface area contributed by atoms with Gasteiger partial charge in [-0.2, -0.15) is 0 Å². The number of nitrogens with one attached hydrogen (secondary N) is 2. The second kappa shape index (κ2) is 12.0. The van der Waals surface area contributed by atoms with Crippen LogP contribution in [0.4, 0.5) is 5.69 Å². The van der Waals surface area contributed by atoms with Gasteiger partial charge in [0.2, 0.25) is 10.0 Å². The zero-order chi connectivity index (χ0) is 20.6. The van der Waals surface area contributed by atoms with Gasteiger partial charge in [0.1, 0.15) is 0 Å². The van der Waals surface area contributed by atoms with Crippen molar-refractivity contribution in [2.75, 3.05) is 33.7 Å². The Kier molecular flexibility index (Phi) is 10.5. The Labute approximate surface area is 191 Å². The smallest absolute Gasteiger partial charge is 0.270 e. The number of hydrogen-bond donors (Lipinski definition) is 2. The first-order valence-corrected chi connectivity index (χ1v) is 10.9. The Bertz CT molecular complexity index is 920. The third kappa shape index (κ3) is 7.87. The second-order valence-corrected chi connectivity index (χ2v) is 8.68. The number of nitro groups is 1.